The van der Waals surface area contributed by atoms with Crippen molar-refractivity contribution in [2.24, 2.45) is 5.14 Å². The van der Waals surface area contributed by atoms with E-state index in [1.165, 1.54) is 17.2 Å². The van der Waals surface area contributed by atoms with Crippen LogP contribution in [0.3, 0.4) is 0 Å². The Bertz CT molecular complexity index is 1180. The van der Waals surface area contributed by atoms with Crippen LogP contribution in [0, 0.1) is 0 Å². The molecule has 4 rings (SSSR count). The minimum absolute atomic E-state index is 0.189. The van der Waals surface area contributed by atoms with E-state index in [9.17, 15) is 23.7 Å². The van der Waals surface area contributed by atoms with Gasteiger partial charge in [0.05, 0.1) is 19.0 Å². The van der Waals surface area contributed by atoms with Crippen molar-refractivity contribution < 1.29 is 28.5 Å². The zero-order chi connectivity index (χ0) is 22.9. The maximum atomic E-state index is 11.1. The van der Waals surface area contributed by atoms with E-state index in [2.05, 4.69) is 20.3 Å². The Balaban J connectivity index is 1.59. The van der Waals surface area contributed by atoms with Gasteiger partial charge in [-0.2, -0.15) is 13.1 Å². The van der Waals surface area contributed by atoms with Crippen LogP contribution in [0.5, 0.6) is 0 Å². The van der Waals surface area contributed by atoms with Crippen molar-refractivity contribution in [3.8, 4) is 0 Å². The standard InChI is InChI=1S/C18H23N7O6S/c19-32(29,30)23-6-12-14(27)15(28)18(31-12)25-9-22-13-16(20-8-21-17(13)25)24-11(7-26)10-4-2-1-3-5-10/h1-5,8-9,11-12,14-15,18,23,26-28H,6-7H2,(H2,19,29,30)(H,20,21,24)/t11-,12?,14+,15+,18?/m0/s1. The molecule has 32 heavy (non-hydrogen) atoms. The van der Waals surface area contributed by atoms with Gasteiger partial charge in [-0.1, -0.05) is 30.3 Å². The molecule has 5 atom stereocenters. The topological polar surface area (TPSA) is 198 Å². The molecule has 3 heterocycles. The summed E-state index contributed by atoms with van der Waals surface area (Å²) in [5.41, 5.74) is 1.52. The highest BCUT2D eigenvalue weighted by Gasteiger charge is 2.44. The number of nitrogens with two attached hydrogens (primary N) is 1. The van der Waals surface area contributed by atoms with Gasteiger partial charge in [-0.05, 0) is 5.56 Å². The van der Waals surface area contributed by atoms with Crippen LogP contribution in [0.2, 0.25) is 0 Å². The number of aliphatic hydroxyl groups is 3. The van der Waals surface area contributed by atoms with Crippen molar-refractivity contribution in [2.45, 2.75) is 30.6 Å². The monoisotopic (exact) mass is 465 g/mol. The van der Waals surface area contributed by atoms with Crippen LogP contribution < -0.4 is 15.2 Å². The van der Waals surface area contributed by atoms with Gasteiger partial charge >= 0.3 is 0 Å². The minimum atomic E-state index is -3.99. The molecule has 0 bridgehead atoms. The van der Waals surface area contributed by atoms with Crippen molar-refractivity contribution in [3.05, 3.63) is 48.5 Å². The summed E-state index contributed by atoms with van der Waals surface area (Å²) in [7, 11) is -3.99. The first-order chi connectivity index (χ1) is 15.3. The third-order valence-electron chi connectivity index (χ3n) is 5.15. The number of ether oxygens (including phenoxy) is 1. The SMILES string of the molecule is NS(=O)(=O)NCC1OC(n2cnc3c(N[C@@H](CO)c4ccccc4)ncnc32)[C@H](O)[C@@H]1O. The highest BCUT2D eigenvalue weighted by Crippen LogP contribution is 2.32. The molecule has 0 aliphatic carbocycles. The largest absolute Gasteiger partial charge is 0.394 e. The van der Waals surface area contributed by atoms with E-state index in [-0.39, 0.29) is 13.2 Å². The predicted molar refractivity (Wildman–Crippen MR) is 112 cm³/mol. The molecule has 1 aromatic carbocycles. The number of hydrogen-bond acceptors (Lipinski definition) is 10. The number of imidazole rings is 1. The number of hydrogen-bond donors (Lipinski definition) is 6. The van der Waals surface area contributed by atoms with E-state index < -0.39 is 40.8 Å². The Morgan fingerprint density at radius 1 is 1.16 bits per heavy atom. The second-order valence-electron chi connectivity index (χ2n) is 7.28. The van der Waals surface area contributed by atoms with Crippen LogP contribution >= 0.6 is 0 Å². The Morgan fingerprint density at radius 3 is 2.59 bits per heavy atom. The fourth-order valence-corrected chi connectivity index (χ4v) is 3.95. The molecule has 14 heteroatoms. The molecule has 1 aliphatic heterocycles. The summed E-state index contributed by atoms with van der Waals surface area (Å²) >= 11 is 0. The van der Waals surface area contributed by atoms with Crippen LogP contribution in [-0.4, -0.2) is 74.7 Å². The average Bonchev–Trinajstić information content (AvgIpc) is 3.32. The van der Waals surface area contributed by atoms with Crippen molar-refractivity contribution in [2.75, 3.05) is 18.5 Å². The number of nitrogens with zero attached hydrogens (tertiary/aromatic N) is 4. The molecule has 1 fully saturated rings. The molecule has 0 radical (unpaired) electrons. The number of nitrogens with one attached hydrogen (secondary N) is 2. The summed E-state index contributed by atoms with van der Waals surface area (Å²) in [6.45, 7) is -0.511. The summed E-state index contributed by atoms with van der Waals surface area (Å²) < 4.78 is 31.4. The summed E-state index contributed by atoms with van der Waals surface area (Å²) in [6.07, 6.45) is -2.20. The lowest BCUT2D eigenvalue weighted by Gasteiger charge is -2.18. The molecule has 172 valence electrons. The molecule has 3 aromatic rings. The lowest BCUT2D eigenvalue weighted by Crippen LogP contribution is -2.42. The third-order valence-corrected chi connectivity index (χ3v) is 5.72. The predicted octanol–water partition coefficient (Wildman–Crippen LogP) is -1.62. The van der Waals surface area contributed by atoms with Gasteiger partial charge in [0.1, 0.15) is 24.6 Å². The summed E-state index contributed by atoms with van der Waals surface area (Å²) in [6, 6.07) is 8.87. The maximum absolute atomic E-state index is 11.1. The van der Waals surface area contributed by atoms with Crippen LogP contribution in [0.1, 0.15) is 17.8 Å². The molecule has 2 unspecified atom stereocenters. The Morgan fingerprint density at radius 2 is 1.91 bits per heavy atom. The number of anilines is 1. The van der Waals surface area contributed by atoms with Gasteiger partial charge in [0.25, 0.3) is 10.2 Å². The average molecular weight is 465 g/mol. The molecule has 7 N–H and O–H groups in total. The molecular weight excluding hydrogens is 442 g/mol. The number of aromatic nitrogens is 4. The summed E-state index contributed by atoms with van der Waals surface area (Å²) in [5, 5.41) is 38.6. The Labute approximate surface area is 183 Å². The number of fused-ring (bicyclic) bond motifs is 1. The fraction of sp³-hybridized carbons (Fsp3) is 0.389. The molecule has 1 saturated heterocycles. The zero-order valence-electron chi connectivity index (χ0n) is 16.7. The molecule has 0 saturated carbocycles. The van der Waals surface area contributed by atoms with E-state index in [1.807, 2.05) is 35.1 Å². The van der Waals surface area contributed by atoms with E-state index in [4.69, 9.17) is 9.88 Å². The first-order valence-corrected chi connectivity index (χ1v) is 11.2. The van der Waals surface area contributed by atoms with Gasteiger partial charge in [-0.3, -0.25) is 4.57 Å². The molecule has 2 aromatic heterocycles. The van der Waals surface area contributed by atoms with Gasteiger partial charge < -0.3 is 25.4 Å². The normalized spacial score (nSPS) is 24.6. The van der Waals surface area contributed by atoms with E-state index in [0.717, 1.165) is 5.56 Å². The van der Waals surface area contributed by atoms with E-state index >= 15 is 0 Å². The zero-order valence-corrected chi connectivity index (χ0v) is 17.5. The Hall–Kier alpha value is -2.72. The van der Waals surface area contributed by atoms with Crippen LogP contribution in [0.25, 0.3) is 11.2 Å². The summed E-state index contributed by atoms with van der Waals surface area (Å²) in [5.74, 6) is 0.358. The highest BCUT2D eigenvalue weighted by atomic mass is 32.2. The first kappa shape index (κ1) is 22.5. The van der Waals surface area contributed by atoms with Crippen LogP contribution in [0.4, 0.5) is 5.82 Å². The second kappa shape index (κ2) is 9.03. The number of benzene rings is 1. The van der Waals surface area contributed by atoms with E-state index in [1.54, 1.807) is 0 Å². The van der Waals surface area contributed by atoms with Gasteiger partial charge in [-0.25, -0.2) is 20.1 Å². The van der Waals surface area contributed by atoms with Crippen LogP contribution in [-0.2, 0) is 14.9 Å². The number of aliphatic hydroxyl groups excluding tert-OH is 3. The lowest BCUT2D eigenvalue weighted by atomic mass is 10.1. The quantitative estimate of drug-likeness (QED) is 0.225. The third kappa shape index (κ3) is 4.56. The number of rotatable bonds is 8. The molecule has 0 amide bonds. The maximum Gasteiger partial charge on any atom is 0.274 e. The van der Waals surface area contributed by atoms with Gasteiger partial charge in [0.15, 0.2) is 23.2 Å². The van der Waals surface area contributed by atoms with Crippen molar-refractivity contribution >= 4 is 27.2 Å². The summed E-state index contributed by atoms with van der Waals surface area (Å²) in [4.78, 5) is 12.7. The van der Waals surface area contributed by atoms with E-state index in [0.29, 0.717) is 17.0 Å². The fourth-order valence-electron chi connectivity index (χ4n) is 3.55. The van der Waals surface area contributed by atoms with Gasteiger partial charge in [0, 0.05) is 6.54 Å². The smallest absolute Gasteiger partial charge is 0.274 e. The van der Waals surface area contributed by atoms with Crippen molar-refractivity contribution in [1.82, 2.24) is 24.2 Å². The molecule has 0 spiro atoms. The second-order valence-corrected chi connectivity index (χ2v) is 8.65. The first-order valence-electron chi connectivity index (χ1n) is 9.67. The van der Waals surface area contributed by atoms with Crippen molar-refractivity contribution in [3.63, 3.8) is 0 Å². The molecular formula is C18H23N7O6S. The Kier molecular flexibility index (Phi) is 6.34. The van der Waals surface area contributed by atoms with Gasteiger partial charge in [0.2, 0.25) is 0 Å². The van der Waals surface area contributed by atoms with Gasteiger partial charge in [-0.15, -0.1) is 0 Å². The minimum Gasteiger partial charge on any atom is -0.394 e. The van der Waals surface area contributed by atoms with Crippen molar-refractivity contribution in [1.29, 1.82) is 0 Å². The molecule has 13 nitrogen and oxygen atoms in total. The lowest BCUT2D eigenvalue weighted by molar-refractivity contribution is -0.0330. The molecule has 1 aliphatic rings. The van der Waals surface area contributed by atoms with Crippen LogP contribution in [0.15, 0.2) is 43.0 Å². The highest BCUT2D eigenvalue weighted by molar-refractivity contribution is 7.87.